The normalized spacial score (nSPS) is 12.0. The first-order chi connectivity index (χ1) is 17.4. The number of benzene rings is 3. The van der Waals surface area contributed by atoms with Crippen LogP contribution in [0.1, 0.15) is 19.4 Å². The summed E-state index contributed by atoms with van der Waals surface area (Å²) in [5.74, 6) is 0.395. The highest BCUT2D eigenvalue weighted by molar-refractivity contribution is 6.32. The van der Waals surface area contributed by atoms with Crippen molar-refractivity contribution in [2.24, 2.45) is 5.10 Å². The zero-order chi connectivity index (χ0) is 25.7. The minimum absolute atomic E-state index is 0.211. The molecule has 36 heavy (non-hydrogen) atoms. The summed E-state index contributed by atoms with van der Waals surface area (Å²) in [6.07, 6.45) is 0.605. The predicted molar refractivity (Wildman–Crippen MR) is 139 cm³/mol. The summed E-state index contributed by atoms with van der Waals surface area (Å²) in [7, 11) is 1.28. The highest BCUT2D eigenvalue weighted by Gasteiger charge is 2.20. The van der Waals surface area contributed by atoms with Gasteiger partial charge in [-0.3, -0.25) is 4.79 Å². The number of nitrogens with zero attached hydrogens (tertiary/aromatic N) is 3. The largest absolute Gasteiger partial charge is 0.490 e. The molecule has 0 unspecified atom stereocenters. The lowest BCUT2D eigenvalue weighted by Crippen LogP contribution is -2.25. The number of hydrogen-bond donors (Lipinski definition) is 0. The molecule has 0 amide bonds. The van der Waals surface area contributed by atoms with Crippen LogP contribution in [-0.2, 0) is 9.53 Å². The van der Waals surface area contributed by atoms with Crippen LogP contribution in [0.5, 0.6) is 11.5 Å². The molecule has 184 valence electrons. The third kappa shape index (κ3) is 5.23. The smallest absolute Gasteiger partial charge is 0.346 e. The van der Waals surface area contributed by atoms with Gasteiger partial charge in [-0.15, -0.1) is 0 Å². The molecular formula is C27H24ClN3O5. The maximum absolute atomic E-state index is 13.3. The lowest BCUT2D eigenvalue weighted by Gasteiger charge is -2.17. The van der Waals surface area contributed by atoms with Crippen molar-refractivity contribution in [3.63, 3.8) is 0 Å². The van der Waals surface area contributed by atoms with E-state index in [0.717, 1.165) is 5.56 Å². The van der Waals surface area contributed by atoms with Gasteiger partial charge in [-0.05, 0) is 43.7 Å². The molecule has 0 bridgehead atoms. The Morgan fingerprint density at radius 3 is 2.58 bits per heavy atom. The van der Waals surface area contributed by atoms with Gasteiger partial charge >= 0.3 is 5.97 Å². The Kier molecular flexibility index (Phi) is 7.65. The Hall–Kier alpha value is -4.17. The topological polar surface area (TPSA) is 92.0 Å². The second-order valence-electron chi connectivity index (χ2n) is 7.73. The second kappa shape index (κ2) is 11.0. The van der Waals surface area contributed by atoms with Gasteiger partial charge in [0.2, 0.25) is 0 Å². The fourth-order valence-corrected chi connectivity index (χ4v) is 3.82. The highest BCUT2D eigenvalue weighted by atomic mass is 35.5. The van der Waals surface area contributed by atoms with Gasteiger partial charge in [0, 0.05) is 5.56 Å². The Balaban J connectivity index is 1.79. The number of aromatic nitrogens is 2. The van der Waals surface area contributed by atoms with Crippen molar-refractivity contribution < 1.29 is 19.0 Å². The van der Waals surface area contributed by atoms with Crippen molar-refractivity contribution in [1.82, 2.24) is 9.66 Å². The third-order valence-corrected chi connectivity index (χ3v) is 5.55. The number of methoxy groups -OCH3 is 1. The number of hydrogen-bond acceptors (Lipinski definition) is 7. The summed E-state index contributed by atoms with van der Waals surface area (Å²) >= 11 is 6.48. The summed E-state index contributed by atoms with van der Waals surface area (Å²) < 4.78 is 17.4. The first-order valence-electron chi connectivity index (χ1n) is 11.2. The lowest BCUT2D eigenvalue weighted by atomic mass is 10.2. The van der Waals surface area contributed by atoms with Crippen LogP contribution in [0, 0.1) is 0 Å². The van der Waals surface area contributed by atoms with E-state index in [-0.39, 0.29) is 16.3 Å². The van der Waals surface area contributed by atoms with Crippen molar-refractivity contribution in [1.29, 1.82) is 0 Å². The summed E-state index contributed by atoms with van der Waals surface area (Å²) in [6, 6.07) is 19.7. The van der Waals surface area contributed by atoms with Crippen molar-refractivity contribution in [2.45, 2.75) is 20.0 Å². The zero-order valence-corrected chi connectivity index (χ0v) is 20.7. The van der Waals surface area contributed by atoms with E-state index < -0.39 is 12.1 Å². The summed E-state index contributed by atoms with van der Waals surface area (Å²) in [4.78, 5) is 29.8. The van der Waals surface area contributed by atoms with Crippen molar-refractivity contribution >= 4 is 34.7 Å². The van der Waals surface area contributed by atoms with Gasteiger partial charge in [-0.25, -0.2) is 9.78 Å². The van der Waals surface area contributed by atoms with Crippen LogP contribution in [0.2, 0.25) is 5.02 Å². The predicted octanol–water partition coefficient (Wildman–Crippen LogP) is 4.94. The molecule has 8 nitrogen and oxygen atoms in total. The minimum atomic E-state index is -0.887. The molecule has 1 heterocycles. The van der Waals surface area contributed by atoms with Crippen LogP contribution in [0.25, 0.3) is 22.3 Å². The third-order valence-electron chi connectivity index (χ3n) is 5.27. The second-order valence-corrected chi connectivity index (χ2v) is 8.13. The van der Waals surface area contributed by atoms with Gasteiger partial charge in [0.05, 0.1) is 35.9 Å². The van der Waals surface area contributed by atoms with Crippen LogP contribution in [-0.4, -0.2) is 41.7 Å². The summed E-state index contributed by atoms with van der Waals surface area (Å²) in [5, 5.41) is 5.12. The molecule has 0 spiro atoms. The van der Waals surface area contributed by atoms with E-state index >= 15 is 0 Å². The van der Waals surface area contributed by atoms with Crippen molar-refractivity contribution in [3.8, 4) is 22.9 Å². The quantitative estimate of drug-likeness (QED) is 0.249. The van der Waals surface area contributed by atoms with Gasteiger partial charge in [0.25, 0.3) is 5.56 Å². The molecule has 0 saturated carbocycles. The molecule has 0 fully saturated rings. The van der Waals surface area contributed by atoms with Gasteiger partial charge in [-0.1, -0.05) is 54.1 Å². The van der Waals surface area contributed by atoms with E-state index in [4.69, 9.17) is 25.8 Å². The number of para-hydroxylation sites is 1. The summed E-state index contributed by atoms with van der Waals surface area (Å²) in [5.41, 5.74) is 1.57. The average Bonchev–Trinajstić information content (AvgIpc) is 2.90. The van der Waals surface area contributed by atoms with E-state index in [9.17, 15) is 9.59 Å². The summed E-state index contributed by atoms with van der Waals surface area (Å²) in [6.45, 7) is 3.71. The lowest BCUT2D eigenvalue weighted by molar-refractivity contribution is -0.147. The number of carbonyl (C=O) groups excluding carboxylic acids is 1. The molecular weight excluding hydrogens is 482 g/mol. The molecule has 3 aromatic carbocycles. The Morgan fingerprint density at radius 1 is 1.14 bits per heavy atom. The van der Waals surface area contributed by atoms with Crippen LogP contribution >= 0.6 is 11.6 Å². The number of rotatable bonds is 8. The molecule has 0 saturated heterocycles. The van der Waals surface area contributed by atoms with Crippen molar-refractivity contribution in [3.05, 3.63) is 87.7 Å². The fourth-order valence-electron chi connectivity index (χ4n) is 3.56. The van der Waals surface area contributed by atoms with Crippen LogP contribution < -0.4 is 15.0 Å². The number of esters is 1. The van der Waals surface area contributed by atoms with Gasteiger partial charge in [0.15, 0.2) is 23.4 Å². The van der Waals surface area contributed by atoms with Crippen LogP contribution in [0.4, 0.5) is 0 Å². The molecule has 0 aliphatic heterocycles. The molecule has 9 heteroatoms. The molecule has 0 radical (unpaired) electrons. The number of carbonyl (C=O) groups is 1. The molecule has 0 aliphatic carbocycles. The van der Waals surface area contributed by atoms with E-state index in [0.29, 0.717) is 34.6 Å². The van der Waals surface area contributed by atoms with E-state index in [1.165, 1.54) is 18.0 Å². The first-order valence-corrected chi connectivity index (χ1v) is 11.6. The average molecular weight is 506 g/mol. The first kappa shape index (κ1) is 24.9. The monoisotopic (exact) mass is 505 g/mol. The van der Waals surface area contributed by atoms with Crippen LogP contribution in [0.15, 0.2) is 76.6 Å². The Bertz CT molecular complexity index is 1480. The van der Waals surface area contributed by atoms with Gasteiger partial charge in [0.1, 0.15) is 0 Å². The van der Waals surface area contributed by atoms with Gasteiger partial charge in [-0.2, -0.15) is 9.78 Å². The van der Waals surface area contributed by atoms with E-state index in [1.807, 2.05) is 43.3 Å². The zero-order valence-electron chi connectivity index (χ0n) is 20.0. The van der Waals surface area contributed by atoms with Crippen molar-refractivity contribution in [2.75, 3.05) is 13.7 Å². The molecule has 4 aromatic rings. The fraction of sp³-hybridized carbons (Fsp3) is 0.185. The number of fused-ring (bicyclic) bond motifs is 1. The standard InChI is InChI=1S/C27H24ClN3O5/c1-4-35-23-15-18(14-21(28)24(23)36-17(2)27(33)34-3)16-29-31-25(19-10-6-5-7-11-19)30-22-13-9-8-12-20(22)26(31)32/h5-17H,4H2,1-3H3/t17-/m1/s1. The molecule has 1 atom stereocenters. The molecule has 4 rings (SSSR count). The van der Waals surface area contributed by atoms with E-state index in [2.05, 4.69) is 10.1 Å². The highest BCUT2D eigenvalue weighted by Crippen LogP contribution is 2.37. The number of ether oxygens (including phenoxy) is 3. The maximum atomic E-state index is 13.3. The van der Waals surface area contributed by atoms with Crippen LogP contribution in [0.3, 0.4) is 0 Å². The number of halogens is 1. The SMILES string of the molecule is CCOc1cc(C=Nn2c(-c3ccccc3)nc3ccccc3c2=O)cc(Cl)c1O[C@H](C)C(=O)OC. The molecule has 1 aromatic heterocycles. The molecule has 0 aliphatic rings. The van der Waals surface area contributed by atoms with E-state index in [1.54, 1.807) is 37.3 Å². The minimum Gasteiger partial charge on any atom is -0.490 e. The van der Waals surface area contributed by atoms with Gasteiger partial charge < -0.3 is 14.2 Å². The Labute approximate surface area is 212 Å². The maximum Gasteiger partial charge on any atom is 0.346 e. The Morgan fingerprint density at radius 2 is 1.86 bits per heavy atom. The molecule has 0 N–H and O–H groups in total.